The molecule has 0 bridgehead atoms. The van der Waals surface area contributed by atoms with Gasteiger partial charge in [0.2, 0.25) is 5.91 Å². The maximum atomic E-state index is 12.9. The average molecular weight is 909 g/mol. The van der Waals surface area contributed by atoms with E-state index in [0.29, 0.717) is 17.4 Å². The fraction of sp³-hybridized carbons (Fsp3) is 0.870. The second-order valence-electron chi connectivity index (χ2n) is 19.6. The van der Waals surface area contributed by atoms with Crippen molar-refractivity contribution in [1.82, 2.24) is 5.32 Å². The van der Waals surface area contributed by atoms with Gasteiger partial charge in [0.05, 0.1) is 39.9 Å². The Bertz CT molecular complexity index is 1120. The highest BCUT2D eigenvalue weighted by Crippen LogP contribution is 2.38. The van der Waals surface area contributed by atoms with E-state index >= 15 is 0 Å². The molecule has 0 saturated carbocycles. The minimum absolute atomic E-state index is 0.00158. The van der Waals surface area contributed by atoms with Crippen LogP contribution in [-0.2, 0) is 18.4 Å². The molecule has 0 heterocycles. The van der Waals surface area contributed by atoms with Crippen molar-refractivity contribution in [3.8, 4) is 0 Å². The van der Waals surface area contributed by atoms with Gasteiger partial charge >= 0.3 is 0 Å². The molecule has 63 heavy (non-hydrogen) atoms. The summed E-state index contributed by atoms with van der Waals surface area (Å²) in [5.74, 6) is -0.200. The van der Waals surface area contributed by atoms with Gasteiger partial charge in [-0.15, -0.1) is 0 Å². The van der Waals surface area contributed by atoms with Crippen molar-refractivity contribution in [1.29, 1.82) is 0 Å². The third-order valence-electron chi connectivity index (χ3n) is 12.1. The Hall–Kier alpha value is -1.28. The molecule has 0 saturated heterocycles. The smallest absolute Gasteiger partial charge is 0.268 e. The second-order valence-corrected chi connectivity index (χ2v) is 21.0. The lowest BCUT2D eigenvalue weighted by Crippen LogP contribution is -2.45. The van der Waals surface area contributed by atoms with Gasteiger partial charge in [0.15, 0.2) is 0 Å². The maximum absolute atomic E-state index is 12.9. The lowest BCUT2D eigenvalue weighted by Gasteiger charge is -2.29. The Morgan fingerprint density at radius 3 is 1.32 bits per heavy atom. The van der Waals surface area contributed by atoms with E-state index in [-0.39, 0.29) is 19.1 Å². The van der Waals surface area contributed by atoms with E-state index in [9.17, 15) is 19.4 Å². The molecule has 0 aromatic heterocycles. The van der Waals surface area contributed by atoms with E-state index in [1.807, 2.05) is 27.2 Å². The molecule has 1 amide bonds. The van der Waals surface area contributed by atoms with E-state index in [2.05, 4.69) is 43.5 Å². The molecule has 0 aliphatic rings. The Morgan fingerprint density at radius 1 is 0.556 bits per heavy atom. The third kappa shape index (κ3) is 48.5. The number of aliphatic hydroxyl groups excluding tert-OH is 1. The molecule has 0 aromatic rings. The van der Waals surface area contributed by atoms with Crippen LogP contribution in [0.25, 0.3) is 0 Å². The van der Waals surface area contributed by atoms with Crippen LogP contribution in [-0.4, -0.2) is 68.5 Å². The number of nitrogens with zero attached hydrogens (tertiary/aromatic N) is 1. The summed E-state index contributed by atoms with van der Waals surface area (Å²) in [4.78, 5) is 25.4. The fourth-order valence-electron chi connectivity index (χ4n) is 7.83. The maximum Gasteiger partial charge on any atom is 0.268 e. The van der Waals surface area contributed by atoms with Crippen molar-refractivity contribution in [3.63, 3.8) is 0 Å². The van der Waals surface area contributed by atoms with Gasteiger partial charge in [0, 0.05) is 6.42 Å². The number of hydrogen-bond acceptors (Lipinski definition) is 6. The molecule has 372 valence electrons. The van der Waals surface area contributed by atoms with Gasteiger partial charge < -0.3 is 28.8 Å². The molecule has 8 nitrogen and oxygen atoms in total. The molecule has 0 aromatic carbocycles. The number of rotatable bonds is 49. The molecule has 0 aliphatic carbocycles. The summed E-state index contributed by atoms with van der Waals surface area (Å²) < 4.78 is 23.3. The van der Waals surface area contributed by atoms with Crippen LogP contribution in [0.3, 0.4) is 0 Å². The molecule has 0 radical (unpaired) electrons. The summed E-state index contributed by atoms with van der Waals surface area (Å²) in [7, 11) is 1.26. The number of carbonyl (C=O) groups is 1. The Labute approximate surface area is 391 Å². The number of likely N-dealkylation sites (N-methyl/N-ethyl adjacent to an activating group) is 1. The highest BCUT2D eigenvalue weighted by molar-refractivity contribution is 7.45. The van der Waals surface area contributed by atoms with Crippen molar-refractivity contribution in [3.05, 3.63) is 36.5 Å². The lowest BCUT2D eigenvalue weighted by molar-refractivity contribution is -0.870. The zero-order valence-corrected chi connectivity index (χ0v) is 43.2. The van der Waals surface area contributed by atoms with Gasteiger partial charge in [-0.3, -0.25) is 9.36 Å². The van der Waals surface area contributed by atoms with Crippen molar-refractivity contribution >= 4 is 13.7 Å². The van der Waals surface area contributed by atoms with E-state index in [4.69, 9.17) is 9.05 Å². The van der Waals surface area contributed by atoms with Crippen LogP contribution in [0.1, 0.15) is 251 Å². The number of aliphatic hydroxyl groups is 1. The normalized spacial score (nSPS) is 14.3. The lowest BCUT2D eigenvalue weighted by atomic mass is 10.0. The molecule has 9 heteroatoms. The van der Waals surface area contributed by atoms with E-state index in [0.717, 1.165) is 44.9 Å². The Balaban J connectivity index is 4.29. The highest BCUT2D eigenvalue weighted by Gasteiger charge is 2.23. The number of carbonyl (C=O) groups excluding carboxylic acids is 1. The van der Waals surface area contributed by atoms with Crippen molar-refractivity contribution in [2.24, 2.45) is 0 Å². The first-order chi connectivity index (χ1) is 30.5. The fourth-order valence-corrected chi connectivity index (χ4v) is 8.55. The van der Waals surface area contributed by atoms with Crippen molar-refractivity contribution in [2.75, 3.05) is 40.9 Å². The second kappa shape index (κ2) is 45.9. The van der Waals surface area contributed by atoms with Crippen LogP contribution in [0, 0.1) is 0 Å². The molecule has 0 fully saturated rings. The predicted molar refractivity (Wildman–Crippen MR) is 270 cm³/mol. The number of hydrogen-bond donors (Lipinski definition) is 2. The van der Waals surface area contributed by atoms with Crippen LogP contribution < -0.4 is 10.2 Å². The van der Waals surface area contributed by atoms with Gasteiger partial charge in [0.25, 0.3) is 7.82 Å². The summed E-state index contributed by atoms with van der Waals surface area (Å²) in [6, 6.07) is -0.888. The van der Waals surface area contributed by atoms with E-state index in [1.54, 1.807) is 6.08 Å². The number of nitrogens with one attached hydrogen (secondary N) is 1. The molecular formula is C54H105N2O6P. The number of amides is 1. The van der Waals surface area contributed by atoms with Crippen LogP contribution in [0.15, 0.2) is 36.5 Å². The summed E-state index contributed by atoms with van der Waals surface area (Å²) >= 11 is 0. The first kappa shape index (κ1) is 61.7. The van der Waals surface area contributed by atoms with Crippen LogP contribution in [0.2, 0.25) is 0 Å². The quantitative estimate of drug-likeness (QED) is 0.0272. The molecule has 0 rings (SSSR count). The topological polar surface area (TPSA) is 108 Å². The molecule has 0 aliphatic heterocycles. The largest absolute Gasteiger partial charge is 0.756 e. The zero-order chi connectivity index (χ0) is 46.4. The Kier molecular flexibility index (Phi) is 44.9. The minimum atomic E-state index is -4.59. The van der Waals surface area contributed by atoms with Gasteiger partial charge in [-0.2, -0.15) is 0 Å². The van der Waals surface area contributed by atoms with Crippen molar-refractivity contribution in [2.45, 2.75) is 264 Å². The van der Waals surface area contributed by atoms with Crippen LogP contribution >= 0.6 is 7.82 Å². The number of phosphoric ester groups is 1. The number of unbranched alkanes of at least 4 members (excludes halogenated alkanes) is 32. The molecular weight excluding hydrogens is 804 g/mol. The summed E-state index contributed by atoms with van der Waals surface area (Å²) in [5, 5.41) is 13.9. The van der Waals surface area contributed by atoms with Crippen LogP contribution in [0.5, 0.6) is 0 Å². The van der Waals surface area contributed by atoms with Gasteiger partial charge in [-0.25, -0.2) is 0 Å². The first-order valence-electron chi connectivity index (χ1n) is 26.9. The number of allylic oxidation sites excluding steroid dienone is 5. The SMILES string of the molecule is CCCCCCC/C=C\C/C=C\CCCCCCCCCCCC(=O)NC(COP(=O)([O-])OCC[N+](C)(C)C)C(O)/C=C/CCCCCCCCCCCCCCCCCCCC. The molecule has 3 unspecified atom stereocenters. The number of quaternary nitrogens is 1. The van der Waals surface area contributed by atoms with Gasteiger partial charge in [0.1, 0.15) is 13.2 Å². The molecule has 2 N–H and O–H groups in total. The minimum Gasteiger partial charge on any atom is -0.756 e. The predicted octanol–water partition coefficient (Wildman–Crippen LogP) is 15.2. The third-order valence-corrected chi connectivity index (χ3v) is 13.1. The van der Waals surface area contributed by atoms with Gasteiger partial charge in [-0.05, 0) is 51.4 Å². The molecule has 0 spiro atoms. The first-order valence-corrected chi connectivity index (χ1v) is 28.3. The number of phosphoric acid groups is 1. The van der Waals surface area contributed by atoms with Crippen LogP contribution in [0.4, 0.5) is 0 Å². The molecule has 3 atom stereocenters. The monoisotopic (exact) mass is 909 g/mol. The standard InChI is InChI=1S/C54H105N2O6P/c1-6-8-10-12-14-16-18-20-22-24-26-28-30-32-34-36-38-40-42-44-46-48-54(58)55-52(51-62-63(59,60)61-50-49-56(3,4)5)53(57)47-45-43-41-39-37-35-33-31-29-27-25-23-21-19-17-15-13-11-9-7-2/h18,20,24,26,45,47,52-53,57H,6-17,19,21-23,25,27-44,46,48-51H2,1-5H3,(H-,55,58,59,60)/b20-18-,26-24-,47-45+. The highest BCUT2D eigenvalue weighted by atomic mass is 31.2. The average Bonchev–Trinajstić information content (AvgIpc) is 3.24. The van der Waals surface area contributed by atoms with E-state index in [1.165, 1.54) is 186 Å². The van der Waals surface area contributed by atoms with Crippen molar-refractivity contribution < 1.29 is 32.9 Å². The summed E-state index contributed by atoms with van der Waals surface area (Å²) in [5.41, 5.74) is 0. The van der Waals surface area contributed by atoms with Gasteiger partial charge in [-0.1, -0.05) is 230 Å². The summed E-state index contributed by atoms with van der Waals surface area (Å²) in [6.07, 6.45) is 57.7. The van der Waals surface area contributed by atoms with E-state index < -0.39 is 20.0 Å². The zero-order valence-electron chi connectivity index (χ0n) is 42.3. The summed E-state index contributed by atoms with van der Waals surface area (Å²) in [6.45, 7) is 4.66. The Morgan fingerprint density at radius 2 is 0.921 bits per heavy atom.